The summed E-state index contributed by atoms with van der Waals surface area (Å²) in [4.78, 5) is 0. The van der Waals surface area contributed by atoms with E-state index in [2.05, 4.69) is 0 Å². The Labute approximate surface area is 111 Å². The van der Waals surface area contributed by atoms with E-state index in [0.717, 1.165) is 18.2 Å². The zero-order valence-corrected chi connectivity index (χ0v) is 10.2. The summed E-state index contributed by atoms with van der Waals surface area (Å²) in [6, 6.07) is 8.09. The van der Waals surface area contributed by atoms with E-state index in [0.29, 0.717) is 0 Å². The van der Waals surface area contributed by atoms with Crippen LogP contribution < -0.4 is 0 Å². The molecule has 1 aliphatic carbocycles. The lowest BCUT2D eigenvalue weighted by Gasteiger charge is -2.34. The van der Waals surface area contributed by atoms with Crippen LogP contribution in [-0.4, -0.2) is 0 Å². The van der Waals surface area contributed by atoms with Crippen LogP contribution in [0.2, 0.25) is 5.02 Å². The van der Waals surface area contributed by atoms with Gasteiger partial charge in [0.1, 0.15) is 0 Å². The standard InChI is InChI=1S/C14H7ClF4/c15-11-7-3-6-10-12(11)14(18,19)9-5-2-1-4-8(9)13(10,16)17/h1-7H. The third-order valence-corrected chi connectivity index (χ3v) is 3.58. The fourth-order valence-electron chi connectivity index (χ4n) is 2.42. The first-order valence-corrected chi connectivity index (χ1v) is 5.89. The number of benzene rings is 2. The van der Waals surface area contributed by atoms with E-state index in [1.165, 1.54) is 24.3 Å². The fraction of sp³-hybridized carbons (Fsp3) is 0.143. The summed E-state index contributed by atoms with van der Waals surface area (Å²) in [5.74, 6) is -7.00. The second-order valence-corrected chi connectivity index (χ2v) is 4.76. The fourth-order valence-corrected chi connectivity index (χ4v) is 2.71. The van der Waals surface area contributed by atoms with Crippen molar-refractivity contribution in [2.45, 2.75) is 11.8 Å². The minimum Gasteiger partial charge on any atom is -0.196 e. The highest BCUT2D eigenvalue weighted by molar-refractivity contribution is 6.31. The van der Waals surface area contributed by atoms with Gasteiger partial charge in [0.15, 0.2) is 0 Å². The second-order valence-electron chi connectivity index (χ2n) is 4.36. The van der Waals surface area contributed by atoms with Gasteiger partial charge in [0, 0.05) is 16.7 Å². The Morgan fingerprint density at radius 2 is 1.21 bits per heavy atom. The zero-order valence-electron chi connectivity index (χ0n) is 9.43. The van der Waals surface area contributed by atoms with Gasteiger partial charge in [-0.25, -0.2) is 0 Å². The third kappa shape index (κ3) is 1.53. The van der Waals surface area contributed by atoms with Crippen molar-refractivity contribution in [3.63, 3.8) is 0 Å². The van der Waals surface area contributed by atoms with Crippen molar-refractivity contribution in [3.8, 4) is 0 Å². The predicted molar refractivity (Wildman–Crippen MR) is 63.9 cm³/mol. The van der Waals surface area contributed by atoms with Gasteiger partial charge in [0.05, 0.1) is 10.6 Å². The SMILES string of the molecule is FC1(F)c2ccccc2C(F)(F)c2c(Cl)cccc21. The molecule has 0 aromatic heterocycles. The van der Waals surface area contributed by atoms with Crippen LogP contribution in [0.5, 0.6) is 0 Å². The van der Waals surface area contributed by atoms with Gasteiger partial charge in [-0.15, -0.1) is 0 Å². The molecule has 3 rings (SSSR count). The first kappa shape index (κ1) is 12.5. The first-order valence-electron chi connectivity index (χ1n) is 5.52. The Morgan fingerprint density at radius 3 is 1.84 bits per heavy atom. The Morgan fingerprint density at radius 1 is 0.684 bits per heavy atom. The number of alkyl halides is 4. The minimum atomic E-state index is -3.52. The maximum Gasteiger partial charge on any atom is 0.300 e. The molecule has 2 aromatic carbocycles. The molecule has 0 radical (unpaired) electrons. The lowest BCUT2D eigenvalue weighted by molar-refractivity contribution is -0.0114. The first-order chi connectivity index (χ1) is 8.87. The van der Waals surface area contributed by atoms with E-state index < -0.39 is 34.1 Å². The van der Waals surface area contributed by atoms with Crippen molar-refractivity contribution in [1.29, 1.82) is 0 Å². The Hall–Kier alpha value is -1.55. The number of fused-ring (bicyclic) bond motifs is 2. The van der Waals surface area contributed by atoms with Crippen LogP contribution in [0.1, 0.15) is 22.3 Å². The van der Waals surface area contributed by atoms with Gasteiger partial charge in [0.2, 0.25) is 0 Å². The summed E-state index contributed by atoms with van der Waals surface area (Å²) >= 11 is 5.71. The summed E-state index contributed by atoms with van der Waals surface area (Å²) in [5, 5.41) is -0.350. The Kier molecular flexibility index (Phi) is 2.45. The van der Waals surface area contributed by atoms with Crippen molar-refractivity contribution >= 4 is 11.6 Å². The molecule has 0 amide bonds. The van der Waals surface area contributed by atoms with Crippen LogP contribution >= 0.6 is 11.6 Å². The largest absolute Gasteiger partial charge is 0.300 e. The molecule has 0 fully saturated rings. The van der Waals surface area contributed by atoms with Gasteiger partial charge in [0.25, 0.3) is 5.92 Å². The van der Waals surface area contributed by atoms with Crippen LogP contribution in [0, 0.1) is 0 Å². The summed E-state index contributed by atoms with van der Waals surface area (Å²) in [5.41, 5.74) is -2.90. The van der Waals surface area contributed by atoms with Crippen LogP contribution in [0.25, 0.3) is 0 Å². The molecule has 0 aliphatic heterocycles. The van der Waals surface area contributed by atoms with Crippen molar-refractivity contribution in [2.75, 3.05) is 0 Å². The van der Waals surface area contributed by atoms with E-state index in [1.54, 1.807) is 0 Å². The van der Waals surface area contributed by atoms with E-state index in [4.69, 9.17) is 11.6 Å². The molecular formula is C14H7ClF4. The van der Waals surface area contributed by atoms with Crippen LogP contribution in [0.3, 0.4) is 0 Å². The molecule has 2 aromatic rings. The number of halogens is 5. The van der Waals surface area contributed by atoms with Gasteiger partial charge in [-0.05, 0) is 6.07 Å². The molecule has 0 spiro atoms. The monoisotopic (exact) mass is 286 g/mol. The number of hydrogen-bond acceptors (Lipinski definition) is 0. The molecule has 0 bridgehead atoms. The average Bonchev–Trinajstić information content (AvgIpc) is 2.37. The summed E-state index contributed by atoms with van der Waals surface area (Å²) in [6.07, 6.45) is 0. The molecular weight excluding hydrogens is 280 g/mol. The van der Waals surface area contributed by atoms with Gasteiger partial charge >= 0.3 is 5.92 Å². The van der Waals surface area contributed by atoms with E-state index >= 15 is 0 Å². The molecule has 0 unspecified atom stereocenters. The highest BCUT2D eigenvalue weighted by atomic mass is 35.5. The van der Waals surface area contributed by atoms with Gasteiger partial charge in [-0.2, -0.15) is 17.6 Å². The molecule has 98 valence electrons. The Bertz CT molecular complexity index is 664. The molecule has 0 heterocycles. The van der Waals surface area contributed by atoms with Crippen molar-refractivity contribution in [3.05, 3.63) is 69.7 Å². The maximum absolute atomic E-state index is 14.4. The summed E-state index contributed by atoms with van der Waals surface area (Å²) in [6.45, 7) is 0. The number of hydrogen-bond donors (Lipinski definition) is 0. The van der Waals surface area contributed by atoms with E-state index in [9.17, 15) is 17.6 Å². The molecule has 1 aliphatic rings. The van der Waals surface area contributed by atoms with Gasteiger partial charge in [-0.1, -0.05) is 48.0 Å². The smallest absolute Gasteiger partial charge is 0.196 e. The second kappa shape index (κ2) is 3.73. The molecule has 0 saturated heterocycles. The van der Waals surface area contributed by atoms with Crippen molar-refractivity contribution < 1.29 is 17.6 Å². The molecule has 0 N–H and O–H groups in total. The van der Waals surface area contributed by atoms with E-state index in [-0.39, 0.29) is 5.02 Å². The van der Waals surface area contributed by atoms with Crippen molar-refractivity contribution in [1.82, 2.24) is 0 Å². The Balaban J connectivity index is 2.44. The molecule has 0 atom stereocenters. The summed E-state index contributed by atoms with van der Waals surface area (Å²) in [7, 11) is 0. The predicted octanol–water partition coefficient (Wildman–Crippen LogP) is 4.93. The summed E-state index contributed by atoms with van der Waals surface area (Å²) < 4.78 is 57.4. The molecule has 0 nitrogen and oxygen atoms in total. The normalized spacial score (nSPS) is 18.6. The van der Waals surface area contributed by atoms with E-state index in [1.807, 2.05) is 0 Å². The van der Waals surface area contributed by atoms with Gasteiger partial charge in [-0.3, -0.25) is 0 Å². The van der Waals surface area contributed by atoms with Gasteiger partial charge < -0.3 is 0 Å². The van der Waals surface area contributed by atoms with Crippen LogP contribution in [-0.2, 0) is 11.8 Å². The highest BCUT2D eigenvalue weighted by Gasteiger charge is 2.53. The maximum atomic E-state index is 14.4. The zero-order chi connectivity index (χ0) is 13.8. The lowest BCUT2D eigenvalue weighted by Crippen LogP contribution is -2.33. The van der Waals surface area contributed by atoms with Crippen LogP contribution in [0.15, 0.2) is 42.5 Å². The topological polar surface area (TPSA) is 0 Å². The average molecular weight is 287 g/mol. The molecule has 19 heavy (non-hydrogen) atoms. The highest BCUT2D eigenvalue weighted by Crippen LogP contribution is 2.54. The van der Waals surface area contributed by atoms with Crippen molar-refractivity contribution in [2.24, 2.45) is 0 Å². The molecule has 0 saturated carbocycles. The molecule has 5 heteroatoms. The van der Waals surface area contributed by atoms with Crippen LogP contribution in [0.4, 0.5) is 17.6 Å². The quantitative estimate of drug-likeness (QED) is 0.602. The minimum absolute atomic E-state index is 0.350. The third-order valence-electron chi connectivity index (χ3n) is 3.27. The lowest BCUT2D eigenvalue weighted by atomic mass is 9.80. The number of rotatable bonds is 0.